The van der Waals surface area contributed by atoms with Crippen LogP contribution in [-0.4, -0.2) is 47.7 Å². The van der Waals surface area contributed by atoms with Crippen LogP contribution in [0, 0.1) is 18.8 Å². The van der Waals surface area contributed by atoms with Gasteiger partial charge in [-0.25, -0.2) is 0 Å². The van der Waals surface area contributed by atoms with E-state index in [1.807, 2.05) is 11.3 Å². The highest BCUT2D eigenvalue weighted by atomic mass is 79.9. The van der Waals surface area contributed by atoms with Gasteiger partial charge in [-0.05, 0) is 97.3 Å². The molecule has 0 aliphatic heterocycles. The lowest BCUT2D eigenvalue weighted by Crippen LogP contribution is -2.45. The van der Waals surface area contributed by atoms with Crippen molar-refractivity contribution in [1.29, 1.82) is 0 Å². The molecule has 0 N–H and O–H groups in total. The van der Waals surface area contributed by atoms with Crippen LogP contribution < -0.4 is 0 Å². The molecule has 1 aromatic rings. The van der Waals surface area contributed by atoms with E-state index in [2.05, 4.69) is 121 Å². The molecule has 1 aliphatic rings. The molecule has 250 valence electrons. The Morgan fingerprint density at radius 1 is 1.09 bits per heavy atom. The van der Waals surface area contributed by atoms with Gasteiger partial charge in [0.05, 0.1) is 19.3 Å². The third-order valence-corrected chi connectivity index (χ3v) is 21.1. The predicted octanol–water partition coefficient (Wildman–Crippen LogP) is 10.6. The molecule has 1 aliphatic carbocycles. The van der Waals surface area contributed by atoms with Crippen molar-refractivity contribution in [3.8, 4) is 0 Å². The number of Topliss-reactive ketones (excluding diaryl/α,β-unsaturated/α-hetero) is 1. The fourth-order valence-corrected chi connectivity index (χ4v) is 9.21. The van der Waals surface area contributed by atoms with Crippen LogP contribution in [0.25, 0.3) is 0 Å². The molecule has 0 radical (unpaired) electrons. The monoisotopic (exact) mass is 726 g/mol. The Morgan fingerprint density at radius 2 is 1.73 bits per heavy atom. The topological polar surface area (TPSA) is 61.8 Å². The van der Waals surface area contributed by atoms with E-state index in [9.17, 15) is 9.59 Å². The number of allylic oxidation sites excluding steroid dienone is 2. The second kappa shape index (κ2) is 16.3. The summed E-state index contributed by atoms with van der Waals surface area (Å²) in [6, 6.07) is 2.24. The normalized spacial score (nSPS) is 21.1. The molecule has 2 rings (SSSR count). The van der Waals surface area contributed by atoms with Gasteiger partial charge in [-0.1, -0.05) is 65.8 Å². The zero-order valence-corrected chi connectivity index (χ0v) is 33.9. The van der Waals surface area contributed by atoms with Gasteiger partial charge in [-0.2, -0.15) is 0 Å². The summed E-state index contributed by atoms with van der Waals surface area (Å²) in [4.78, 5) is 27.6. The van der Waals surface area contributed by atoms with Crippen LogP contribution in [0.15, 0.2) is 34.8 Å². The molecular weight excluding hydrogens is 669 g/mol. The van der Waals surface area contributed by atoms with Crippen LogP contribution >= 0.6 is 27.3 Å². The van der Waals surface area contributed by atoms with E-state index in [-0.39, 0.29) is 45.9 Å². The van der Waals surface area contributed by atoms with Gasteiger partial charge in [-0.3, -0.25) is 9.59 Å². The Balaban J connectivity index is 2.35. The number of methoxy groups -OCH3 is 1. The summed E-state index contributed by atoms with van der Waals surface area (Å²) < 4.78 is 19.9. The van der Waals surface area contributed by atoms with Crippen molar-refractivity contribution in [3.05, 3.63) is 44.6 Å². The zero-order chi connectivity index (χ0) is 33.5. The summed E-state index contributed by atoms with van der Waals surface area (Å²) in [5.41, 5.74) is 0. The second-order valence-electron chi connectivity index (χ2n) is 15.4. The number of hydrogen-bond donors (Lipinski definition) is 0. The average Bonchev–Trinajstić information content (AvgIpc) is 3.37. The summed E-state index contributed by atoms with van der Waals surface area (Å²) in [6.45, 7) is 24.9. The number of carbonyl (C=O) groups excluding carboxylic acids is 2. The Morgan fingerprint density at radius 3 is 2.27 bits per heavy atom. The van der Waals surface area contributed by atoms with E-state index in [4.69, 9.17) is 13.6 Å². The zero-order valence-electron chi connectivity index (χ0n) is 29.5. The summed E-state index contributed by atoms with van der Waals surface area (Å²) in [7, 11) is -2.71. The lowest BCUT2D eigenvalue weighted by atomic mass is 9.90. The number of unbranched alkanes of at least 4 members (excludes halogenated alkanes) is 1. The standard InChI is InChI=1S/C35H59BrO5SSi2/c1-25-30(36)23-27(42-25)21-19-26(40-43(9,10)34(2,3)4)20-22-29-28(17-15-13-14-16-18-33(38)39-8)31(37)24-32(29)41-44(11,12)35(5,6)7/h13,15,20,22-23,26,28-29,32H,14,16-19,21,24H2,1-12H3/t26-,28+,29+,32+/m0/s1. The summed E-state index contributed by atoms with van der Waals surface area (Å²) >= 11 is 5.52. The largest absolute Gasteiger partial charge is 0.469 e. The highest BCUT2D eigenvalue weighted by molar-refractivity contribution is 9.10. The van der Waals surface area contributed by atoms with Crippen molar-refractivity contribution in [2.45, 2.75) is 142 Å². The number of hydrogen-bond acceptors (Lipinski definition) is 6. The van der Waals surface area contributed by atoms with Crippen molar-refractivity contribution in [2.24, 2.45) is 11.8 Å². The number of carbonyl (C=O) groups is 2. The van der Waals surface area contributed by atoms with Gasteiger partial charge in [-0.15, -0.1) is 11.3 Å². The maximum absolute atomic E-state index is 13.5. The Kier molecular flexibility index (Phi) is 14.6. The molecule has 1 saturated carbocycles. The lowest BCUT2D eigenvalue weighted by Gasteiger charge is -2.40. The third kappa shape index (κ3) is 11.4. The van der Waals surface area contributed by atoms with E-state index >= 15 is 0 Å². The number of rotatable bonds is 15. The first-order valence-electron chi connectivity index (χ1n) is 16.2. The minimum atomic E-state index is -2.09. The first-order valence-corrected chi connectivity index (χ1v) is 23.6. The minimum Gasteiger partial charge on any atom is -0.469 e. The van der Waals surface area contributed by atoms with E-state index in [1.54, 1.807) is 0 Å². The number of aryl methyl sites for hydroxylation is 2. The summed E-state index contributed by atoms with van der Waals surface area (Å²) in [5, 5.41) is 0.156. The van der Waals surface area contributed by atoms with Crippen LogP contribution in [0.2, 0.25) is 36.3 Å². The van der Waals surface area contributed by atoms with Crippen molar-refractivity contribution in [1.82, 2.24) is 0 Å². The maximum Gasteiger partial charge on any atom is 0.305 e. The number of halogens is 1. The highest BCUT2D eigenvalue weighted by Gasteiger charge is 2.47. The number of ketones is 1. The summed E-state index contributed by atoms with van der Waals surface area (Å²) in [5.74, 6) is -0.0258. The fraction of sp³-hybridized carbons (Fsp3) is 0.714. The van der Waals surface area contributed by atoms with E-state index in [0.717, 1.165) is 25.7 Å². The Bertz CT molecular complexity index is 1140. The summed E-state index contributed by atoms with van der Waals surface area (Å²) in [6.07, 6.45) is 13.5. The molecule has 44 heavy (non-hydrogen) atoms. The van der Waals surface area contributed by atoms with Gasteiger partial charge >= 0.3 is 5.97 Å². The third-order valence-electron chi connectivity index (χ3n) is 9.88. The first-order chi connectivity index (χ1) is 20.2. The van der Waals surface area contributed by atoms with Gasteiger partial charge in [0.2, 0.25) is 0 Å². The van der Waals surface area contributed by atoms with Crippen molar-refractivity contribution in [2.75, 3.05) is 7.11 Å². The number of esters is 1. The van der Waals surface area contributed by atoms with E-state index < -0.39 is 16.6 Å². The molecule has 4 atom stereocenters. The smallest absolute Gasteiger partial charge is 0.305 e. The quantitative estimate of drug-likeness (QED) is 0.0779. The molecule has 9 heteroatoms. The molecule has 1 aromatic heterocycles. The molecular formula is C35H59BrO5SSi2. The van der Waals surface area contributed by atoms with Crippen LogP contribution in [0.5, 0.6) is 0 Å². The van der Waals surface area contributed by atoms with Crippen molar-refractivity contribution in [3.63, 3.8) is 0 Å². The van der Waals surface area contributed by atoms with Crippen molar-refractivity contribution >= 4 is 55.7 Å². The molecule has 1 fully saturated rings. The molecule has 1 heterocycles. The molecule has 0 spiro atoms. The average molecular weight is 728 g/mol. The Hall–Kier alpha value is -0.846. The van der Waals surface area contributed by atoms with Crippen LogP contribution in [0.1, 0.15) is 89.8 Å². The number of ether oxygens (including phenoxy) is 1. The molecule has 0 unspecified atom stereocenters. The lowest BCUT2D eigenvalue weighted by molar-refractivity contribution is -0.140. The van der Waals surface area contributed by atoms with E-state index in [0.29, 0.717) is 19.3 Å². The van der Waals surface area contributed by atoms with Crippen molar-refractivity contribution < 1.29 is 23.2 Å². The maximum atomic E-state index is 13.5. The predicted molar refractivity (Wildman–Crippen MR) is 195 cm³/mol. The van der Waals surface area contributed by atoms with Crippen LogP contribution in [0.4, 0.5) is 0 Å². The van der Waals surface area contributed by atoms with Gasteiger partial charge in [0.1, 0.15) is 5.78 Å². The molecule has 0 saturated heterocycles. The molecule has 0 bridgehead atoms. The second-order valence-corrected chi connectivity index (χ2v) is 27.1. The molecule has 0 amide bonds. The molecule has 0 aromatic carbocycles. The van der Waals surface area contributed by atoms with Gasteiger partial charge in [0, 0.05) is 38.9 Å². The van der Waals surface area contributed by atoms with Gasteiger partial charge in [0.15, 0.2) is 16.6 Å². The highest BCUT2D eigenvalue weighted by Crippen LogP contribution is 2.43. The molecule has 5 nitrogen and oxygen atoms in total. The van der Waals surface area contributed by atoms with Gasteiger partial charge < -0.3 is 13.6 Å². The van der Waals surface area contributed by atoms with E-state index in [1.165, 1.54) is 21.3 Å². The SMILES string of the molecule is COC(=O)CCCC=CC[C@H]1C(=O)C[C@@H](O[Si](C)(C)C(C)(C)C)[C@@H]1C=C[C@H](CCc1cc(Br)c(C)s1)O[Si](C)(C)C(C)(C)C. The van der Waals surface area contributed by atoms with Crippen LogP contribution in [-0.2, 0) is 29.6 Å². The van der Waals surface area contributed by atoms with Gasteiger partial charge in [0.25, 0.3) is 0 Å². The fourth-order valence-electron chi connectivity index (χ4n) is 4.94. The minimum absolute atomic E-state index is 0.0000125. The Labute approximate surface area is 283 Å². The van der Waals surface area contributed by atoms with Crippen LogP contribution in [0.3, 0.4) is 0 Å². The first kappa shape index (κ1) is 39.3. The number of thiophene rings is 1.